The van der Waals surface area contributed by atoms with Gasteiger partial charge in [0.25, 0.3) is 0 Å². The number of benzene rings is 1. The molecule has 18 heavy (non-hydrogen) atoms. The van der Waals surface area contributed by atoms with Gasteiger partial charge >= 0.3 is 0 Å². The average molecular weight is 268 g/mol. The summed E-state index contributed by atoms with van der Waals surface area (Å²) >= 11 is 5.20. The minimum atomic E-state index is 0.156. The van der Waals surface area contributed by atoms with Crippen LogP contribution in [0.2, 0.25) is 0 Å². The van der Waals surface area contributed by atoms with Gasteiger partial charge in [0, 0.05) is 24.9 Å². The van der Waals surface area contributed by atoms with Gasteiger partial charge in [0.05, 0.1) is 6.61 Å². The van der Waals surface area contributed by atoms with Gasteiger partial charge in [0.2, 0.25) is 6.79 Å². The number of ether oxygens (including phenoxy) is 3. The molecule has 0 saturated carbocycles. The Hall–Kier alpha value is -1.53. The van der Waals surface area contributed by atoms with Crippen molar-refractivity contribution in [3.05, 3.63) is 18.2 Å². The van der Waals surface area contributed by atoms with Crippen molar-refractivity contribution >= 4 is 23.0 Å². The molecule has 1 unspecified atom stereocenters. The second-order valence-corrected chi connectivity index (χ2v) is 4.43. The molecule has 0 saturated heterocycles. The van der Waals surface area contributed by atoms with E-state index >= 15 is 0 Å². The number of fused-ring (bicyclic) bond motifs is 1. The quantitative estimate of drug-likeness (QED) is 0.811. The molecule has 0 amide bonds. The highest BCUT2D eigenvalue weighted by Crippen LogP contribution is 2.34. The Morgan fingerprint density at radius 2 is 2.22 bits per heavy atom. The van der Waals surface area contributed by atoms with Crippen molar-refractivity contribution in [1.82, 2.24) is 5.32 Å². The SMILES string of the molecule is COCC(C)NC(=S)Nc1ccc2c(c1)OCO2. The van der Waals surface area contributed by atoms with E-state index < -0.39 is 0 Å². The molecule has 1 aromatic rings. The molecular weight excluding hydrogens is 252 g/mol. The van der Waals surface area contributed by atoms with Gasteiger partial charge in [-0.2, -0.15) is 0 Å². The number of methoxy groups -OCH3 is 1. The lowest BCUT2D eigenvalue weighted by molar-refractivity contribution is 0.174. The summed E-state index contributed by atoms with van der Waals surface area (Å²) in [5, 5.41) is 6.76. The smallest absolute Gasteiger partial charge is 0.231 e. The van der Waals surface area contributed by atoms with Gasteiger partial charge in [-0.25, -0.2) is 0 Å². The molecule has 98 valence electrons. The van der Waals surface area contributed by atoms with Crippen LogP contribution in [-0.4, -0.2) is 31.7 Å². The summed E-state index contributed by atoms with van der Waals surface area (Å²) in [5.41, 5.74) is 0.862. The van der Waals surface area contributed by atoms with E-state index in [4.69, 9.17) is 26.4 Å². The van der Waals surface area contributed by atoms with Crippen molar-refractivity contribution in [3.63, 3.8) is 0 Å². The number of hydrogen-bond acceptors (Lipinski definition) is 4. The molecule has 6 heteroatoms. The molecule has 0 aliphatic carbocycles. The molecule has 2 N–H and O–H groups in total. The van der Waals surface area contributed by atoms with Crippen molar-refractivity contribution < 1.29 is 14.2 Å². The topological polar surface area (TPSA) is 51.8 Å². The van der Waals surface area contributed by atoms with Crippen molar-refractivity contribution in [2.75, 3.05) is 25.8 Å². The number of thiocarbonyl (C=S) groups is 1. The Morgan fingerprint density at radius 3 is 3.00 bits per heavy atom. The van der Waals surface area contributed by atoms with E-state index in [-0.39, 0.29) is 12.8 Å². The number of hydrogen-bond donors (Lipinski definition) is 2. The number of anilines is 1. The summed E-state index contributed by atoms with van der Waals surface area (Å²) in [5.74, 6) is 1.49. The third-order valence-electron chi connectivity index (χ3n) is 2.42. The molecule has 1 aromatic carbocycles. The van der Waals surface area contributed by atoms with Crippen molar-refractivity contribution in [2.24, 2.45) is 0 Å². The van der Waals surface area contributed by atoms with Crippen LogP contribution in [-0.2, 0) is 4.74 Å². The maximum Gasteiger partial charge on any atom is 0.231 e. The molecule has 1 atom stereocenters. The maximum absolute atomic E-state index is 5.29. The molecule has 1 aliphatic heterocycles. The second kappa shape index (κ2) is 5.88. The lowest BCUT2D eigenvalue weighted by atomic mass is 10.3. The fraction of sp³-hybridized carbons (Fsp3) is 0.417. The number of nitrogens with one attached hydrogen (secondary N) is 2. The van der Waals surface area contributed by atoms with Crippen molar-refractivity contribution in [1.29, 1.82) is 0 Å². The van der Waals surface area contributed by atoms with Crippen LogP contribution in [0.4, 0.5) is 5.69 Å². The van der Waals surface area contributed by atoms with Crippen LogP contribution in [0.3, 0.4) is 0 Å². The van der Waals surface area contributed by atoms with E-state index in [1.165, 1.54) is 0 Å². The Bertz CT molecular complexity index is 439. The summed E-state index contributed by atoms with van der Waals surface area (Å²) in [6.45, 7) is 2.87. The highest BCUT2D eigenvalue weighted by molar-refractivity contribution is 7.80. The summed E-state index contributed by atoms with van der Waals surface area (Å²) in [6.07, 6.45) is 0. The largest absolute Gasteiger partial charge is 0.454 e. The van der Waals surface area contributed by atoms with Gasteiger partial charge < -0.3 is 24.8 Å². The molecule has 0 radical (unpaired) electrons. The third-order valence-corrected chi connectivity index (χ3v) is 2.64. The zero-order valence-corrected chi connectivity index (χ0v) is 11.2. The molecular formula is C12H16N2O3S. The van der Waals surface area contributed by atoms with Gasteiger partial charge in [-0.3, -0.25) is 0 Å². The lowest BCUT2D eigenvalue weighted by Crippen LogP contribution is -2.38. The predicted molar refractivity (Wildman–Crippen MR) is 73.3 cm³/mol. The first-order chi connectivity index (χ1) is 8.69. The molecule has 2 rings (SSSR count). The van der Waals surface area contributed by atoms with Crippen LogP contribution < -0.4 is 20.1 Å². The van der Waals surface area contributed by atoms with Crippen LogP contribution in [0.15, 0.2) is 18.2 Å². The average Bonchev–Trinajstić information content (AvgIpc) is 2.76. The zero-order valence-electron chi connectivity index (χ0n) is 10.4. The predicted octanol–water partition coefficient (Wildman–Crippen LogP) is 1.74. The first-order valence-electron chi connectivity index (χ1n) is 5.65. The van der Waals surface area contributed by atoms with Crippen molar-refractivity contribution in [2.45, 2.75) is 13.0 Å². The van der Waals surface area contributed by atoms with E-state index in [9.17, 15) is 0 Å². The minimum Gasteiger partial charge on any atom is -0.454 e. The standard InChI is InChI=1S/C12H16N2O3S/c1-8(6-15-2)13-12(18)14-9-3-4-10-11(5-9)17-7-16-10/h3-5,8H,6-7H2,1-2H3,(H2,13,14,18). The number of rotatable bonds is 4. The fourth-order valence-corrected chi connectivity index (χ4v) is 1.98. The van der Waals surface area contributed by atoms with Crippen LogP contribution in [0.25, 0.3) is 0 Å². The van der Waals surface area contributed by atoms with Crippen LogP contribution in [0.1, 0.15) is 6.92 Å². The lowest BCUT2D eigenvalue weighted by Gasteiger charge is -2.16. The van der Waals surface area contributed by atoms with E-state index in [1.54, 1.807) is 7.11 Å². The zero-order chi connectivity index (χ0) is 13.0. The third kappa shape index (κ3) is 3.24. The molecule has 5 nitrogen and oxygen atoms in total. The molecule has 0 spiro atoms. The second-order valence-electron chi connectivity index (χ2n) is 4.02. The highest BCUT2D eigenvalue weighted by atomic mass is 32.1. The normalized spacial score (nSPS) is 14.1. The minimum absolute atomic E-state index is 0.156. The first-order valence-corrected chi connectivity index (χ1v) is 6.06. The summed E-state index contributed by atoms with van der Waals surface area (Å²) in [7, 11) is 1.66. The maximum atomic E-state index is 5.29. The Morgan fingerprint density at radius 1 is 1.44 bits per heavy atom. The first kappa shape index (κ1) is 12.9. The summed E-state index contributed by atoms with van der Waals surface area (Å²) in [4.78, 5) is 0. The molecule has 0 aromatic heterocycles. The molecule has 0 bridgehead atoms. The summed E-state index contributed by atoms with van der Waals surface area (Å²) < 4.78 is 15.6. The van der Waals surface area contributed by atoms with Gasteiger partial charge in [-0.1, -0.05) is 0 Å². The molecule has 1 aliphatic rings. The summed E-state index contributed by atoms with van der Waals surface area (Å²) in [6, 6.07) is 5.76. The van der Waals surface area contributed by atoms with Crippen LogP contribution in [0, 0.1) is 0 Å². The van der Waals surface area contributed by atoms with Crippen LogP contribution >= 0.6 is 12.2 Å². The highest BCUT2D eigenvalue weighted by Gasteiger charge is 2.13. The van der Waals surface area contributed by atoms with E-state index in [1.807, 2.05) is 25.1 Å². The molecule has 1 heterocycles. The van der Waals surface area contributed by atoms with Crippen LogP contribution in [0.5, 0.6) is 11.5 Å². The Kier molecular flexibility index (Phi) is 4.22. The van der Waals surface area contributed by atoms with Gasteiger partial charge in [-0.05, 0) is 31.3 Å². The van der Waals surface area contributed by atoms with E-state index in [0.717, 1.165) is 17.2 Å². The Balaban J connectivity index is 1.91. The van der Waals surface area contributed by atoms with E-state index in [2.05, 4.69) is 10.6 Å². The van der Waals surface area contributed by atoms with Crippen molar-refractivity contribution in [3.8, 4) is 11.5 Å². The molecule has 0 fully saturated rings. The Labute approximate surface area is 111 Å². The van der Waals surface area contributed by atoms with Gasteiger partial charge in [0.1, 0.15) is 0 Å². The fourth-order valence-electron chi connectivity index (χ4n) is 1.66. The monoisotopic (exact) mass is 268 g/mol. The van der Waals surface area contributed by atoms with Gasteiger partial charge in [0.15, 0.2) is 16.6 Å². The van der Waals surface area contributed by atoms with E-state index in [0.29, 0.717) is 11.7 Å². The van der Waals surface area contributed by atoms with Gasteiger partial charge in [-0.15, -0.1) is 0 Å².